The molecule has 0 bridgehead atoms. The van der Waals surface area contributed by atoms with E-state index in [-0.39, 0.29) is 11.8 Å². The van der Waals surface area contributed by atoms with Gasteiger partial charge in [0.2, 0.25) is 5.91 Å². The van der Waals surface area contributed by atoms with Gasteiger partial charge in [0.25, 0.3) is 0 Å². The molecule has 0 saturated carbocycles. The van der Waals surface area contributed by atoms with Gasteiger partial charge in [-0.1, -0.05) is 42.5 Å². The summed E-state index contributed by atoms with van der Waals surface area (Å²) in [6.45, 7) is 0.464. The maximum Gasteiger partial charge on any atom is 0.223 e. The number of hydrogen-bond donors (Lipinski definition) is 0. The molecule has 0 radical (unpaired) electrons. The largest absolute Gasteiger partial charge is 0.497 e. The zero-order valence-corrected chi connectivity index (χ0v) is 15.6. The van der Waals surface area contributed by atoms with Crippen LogP contribution in [0.2, 0.25) is 0 Å². The summed E-state index contributed by atoms with van der Waals surface area (Å²) in [4.78, 5) is 22.7. The van der Waals surface area contributed by atoms with E-state index in [1.807, 2.05) is 48.5 Å². The molecule has 2 aromatic carbocycles. The first-order valence-corrected chi connectivity index (χ1v) is 8.85. The Bertz CT molecular complexity index is 852. The summed E-state index contributed by atoms with van der Waals surface area (Å²) in [5.74, 6) is 0.855. The first kappa shape index (κ1) is 18.6. The predicted molar refractivity (Wildman–Crippen MR) is 104 cm³/mol. The SMILES string of the molecule is COc1ccc([C@@H](CC(=O)N(C)Cc2ccncn2)c2ccccc2)cc1. The van der Waals surface area contributed by atoms with E-state index in [0.717, 1.165) is 22.6 Å². The van der Waals surface area contributed by atoms with Gasteiger partial charge in [0.1, 0.15) is 12.1 Å². The van der Waals surface area contributed by atoms with E-state index in [4.69, 9.17) is 4.74 Å². The highest BCUT2D eigenvalue weighted by Crippen LogP contribution is 2.30. The molecule has 0 aliphatic rings. The Morgan fingerprint density at radius 1 is 1.04 bits per heavy atom. The van der Waals surface area contributed by atoms with Gasteiger partial charge in [-0.15, -0.1) is 0 Å². The highest BCUT2D eigenvalue weighted by molar-refractivity contribution is 5.77. The third kappa shape index (κ3) is 4.91. The summed E-state index contributed by atoms with van der Waals surface area (Å²) < 4.78 is 5.25. The molecule has 5 nitrogen and oxygen atoms in total. The Kier molecular flexibility index (Phi) is 6.15. The third-order valence-corrected chi connectivity index (χ3v) is 4.57. The van der Waals surface area contributed by atoms with Crippen molar-refractivity contribution < 1.29 is 9.53 Å². The van der Waals surface area contributed by atoms with Gasteiger partial charge in [-0.2, -0.15) is 0 Å². The maximum absolute atomic E-state index is 12.9. The van der Waals surface area contributed by atoms with Gasteiger partial charge in [-0.3, -0.25) is 4.79 Å². The summed E-state index contributed by atoms with van der Waals surface area (Å²) in [6.07, 6.45) is 3.57. The van der Waals surface area contributed by atoms with E-state index in [2.05, 4.69) is 22.1 Å². The van der Waals surface area contributed by atoms with Crippen molar-refractivity contribution >= 4 is 5.91 Å². The Morgan fingerprint density at radius 3 is 2.37 bits per heavy atom. The lowest BCUT2D eigenvalue weighted by Crippen LogP contribution is -2.28. The average Bonchev–Trinajstić information content (AvgIpc) is 2.73. The van der Waals surface area contributed by atoms with Gasteiger partial charge >= 0.3 is 0 Å². The average molecular weight is 361 g/mol. The third-order valence-electron chi connectivity index (χ3n) is 4.57. The van der Waals surface area contributed by atoms with Gasteiger partial charge in [0, 0.05) is 25.6 Å². The van der Waals surface area contributed by atoms with Crippen molar-refractivity contribution in [1.82, 2.24) is 14.9 Å². The molecule has 1 amide bonds. The Morgan fingerprint density at radius 2 is 1.74 bits per heavy atom. The molecule has 138 valence electrons. The molecule has 0 aliphatic carbocycles. The fraction of sp³-hybridized carbons (Fsp3) is 0.227. The molecule has 27 heavy (non-hydrogen) atoms. The molecule has 0 N–H and O–H groups in total. The van der Waals surface area contributed by atoms with Crippen LogP contribution in [0.4, 0.5) is 0 Å². The minimum absolute atomic E-state index is 0.0162. The lowest BCUT2D eigenvalue weighted by molar-refractivity contribution is -0.130. The predicted octanol–water partition coefficient (Wildman–Crippen LogP) is 3.67. The first-order valence-electron chi connectivity index (χ1n) is 8.85. The van der Waals surface area contributed by atoms with Crippen LogP contribution < -0.4 is 4.74 Å². The molecule has 3 aromatic rings. The van der Waals surface area contributed by atoms with Crippen molar-refractivity contribution in [1.29, 1.82) is 0 Å². The number of hydrogen-bond acceptors (Lipinski definition) is 4. The molecule has 1 atom stereocenters. The van der Waals surface area contributed by atoms with Crippen LogP contribution in [0.25, 0.3) is 0 Å². The van der Waals surface area contributed by atoms with Crippen LogP contribution in [0.15, 0.2) is 73.2 Å². The van der Waals surface area contributed by atoms with Crippen molar-refractivity contribution in [3.05, 3.63) is 90.0 Å². The summed E-state index contributed by atoms with van der Waals surface area (Å²) >= 11 is 0. The second kappa shape index (κ2) is 8.94. The minimum Gasteiger partial charge on any atom is -0.497 e. The second-order valence-corrected chi connectivity index (χ2v) is 6.39. The molecule has 0 aliphatic heterocycles. The number of nitrogens with zero attached hydrogens (tertiary/aromatic N) is 3. The molecule has 0 spiro atoms. The van der Waals surface area contributed by atoms with E-state index < -0.39 is 0 Å². The molecule has 3 rings (SSSR count). The monoisotopic (exact) mass is 361 g/mol. The van der Waals surface area contributed by atoms with Crippen molar-refractivity contribution in [2.45, 2.75) is 18.9 Å². The Labute approximate surface area is 159 Å². The fourth-order valence-corrected chi connectivity index (χ4v) is 3.02. The van der Waals surface area contributed by atoms with E-state index in [0.29, 0.717) is 13.0 Å². The number of ether oxygens (including phenoxy) is 1. The number of methoxy groups -OCH3 is 1. The van der Waals surface area contributed by atoms with Crippen molar-refractivity contribution in [2.75, 3.05) is 14.2 Å². The standard InChI is InChI=1S/C22H23N3O2/c1-25(15-19-12-13-23-16-24-19)22(26)14-21(17-6-4-3-5-7-17)18-8-10-20(27-2)11-9-18/h3-13,16,21H,14-15H2,1-2H3/t21-/m0/s1. The quantitative estimate of drug-likeness (QED) is 0.644. The molecule has 0 saturated heterocycles. The summed E-state index contributed by atoms with van der Waals surface area (Å²) in [5, 5.41) is 0. The Hall–Kier alpha value is -3.21. The van der Waals surface area contributed by atoms with Crippen LogP contribution in [0.1, 0.15) is 29.2 Å². The number of aromatic nitrogens is 2. The van der Waals surface area contributed by atoms with Crippen LogP contribution in [-0.2, 0) is 11.3 Å². The van der Waals surface area contributed by atoms with E-state index in [9.17, 15) is 4.79 Å². The van der Waals surface area contributed by atoms with Crippen LogP contribution >= 0.6 is 0 Å². The van der Waals surface area contributed by atoms with Crippen LogP contribution in [-0.4, -0.2) is 34.9 Å². The van der Waals surface area contributed by atoms with E-state index >= 15 is 0 Å². The minimum atomic E-state index is -0.0162. The van der Waals surface area contributed by atoms with Crippen LogP contribution in [0.5, 0.6) is 5.75 Å². The molecular formula is C22H23N3O2. The fourth-order valence-electron chi connectivity index (χ4n) is 3.02. The topological polar surface area (TPSA) is 55.3 Å². The molecule has 0 unspecified atom stereocenters. The summed E-state index contributed by atoms with van der Waals surface area (Å²) in [6, 6.07) is 19.8. The lowest BCUT2D eigenvalue weighted by atomic mass is 9.88. The highest BCUT2D eigenvalue weighted by atomic mass is 16.5. The number of benzene rings is 2. The van der Waals surface area contributed by atoms with Crippen LogP contribution in [0, 0.1) is 0 Å². The van der Waals surface area contributed by atoms with Gasteiger partial charge in [0.05, 0.1) is 19.3 Å². The van der Waals surface area contributed by atoms with Gasteiger partial charge < -0.3 is 9.64 Å². The van der Waals surface area contributed by atoms with Crippen LogP contribution in [0.3, 0.4) is 0 Å². The van der Waals surface area contributed by atoms with Gasteiger partial charge in [-0.25, -0.2) is 9.97 Å². The summed E-state index contributed by atoms with van der Waals surface area (Å²) in [5.41, 5.74) is 3.03. The summed E-state index contributed by atoms with van der Waals surface area (Å²) in [7, 11) is 3.45. The second-order valence-electron chi connectivity index (χ2n) is 6.39. The van der Waals surface area contributed by atoms with Gasteiger partial charge in [0.15, 0.2) is 0 Å². The molecular weight excluding hydrogens is 338 g/mol. The van der Waals surface area contributed by atoms with Crippen molar-refractivity contribution in [3.63, 3.8) is 0 Å². The molecule has 0 fully saturated rings. The van der Waals surface area contributed by atoms with Gasteiger partial charge in [-0.05, 0) is 29.3 Å². The number of carbonyl (C=O) groups is 1. The van der Waals surface area contributed by atoms with E-state index in [1.54, 1.807) is 25.3 Å². The lowest BCUT2D eigenvalue weighted by Gasteiger charge is -2.22. The normalized spacial score (nSPS) is 11.6. The molecule has 5 heteroatoms. The number of rotatable bonds is 7. The zero-order chi connectivity index (χ0) is 19.1. The van der Waals surface area contributed by atoms with E-state index in [1.165, 1.54) is 6.33 Å². The first-order chi connectivity index (χ1) is 13.2. The highest BCUT2D eigenvalue weighted by Gasteiger charge is 2.21. The number of carbonyl (C=O) groups excluding carboxylic acids is 1. The molecule has 1 heterocycles. The zero-order valence-electron chi connectivity index (χ0n) is 15.6. The molecule has 1 aromatic heterocycles. The van der Waals surface area contributed by atoms with Crippen molar-refractivity contribution in [2.24, 2.45) is 0 Å². The Balaban J connectivity index is 1.79. The smallest absolute Gasteiger partial charge is 0.223 e. The van der Waals surface area contributed by atoms with Crippen molar-refractivity contribution in [3.8, 4) is 5.75 Å². The maximum atomic E-state index is 12.9. The number of amides is 1.